The summed E-state index contributed by atoms with van der Waals surface area (Å²) in [5.74, 6) is 0. The van der Waals surface area contributed by atoms with Crippen molar-refractivity contribution in [2.24, 2.45) is 0 Å². The zero-order chi connectivity index (χ0) is 12.1. The minimum absolute atomic E-state index is 0. The first-order chi connectivity index (χ1) is 7.47. The largest absolute Gasteiger partial charge is 0.409 e. The summed E-state index contributed by atoms with van der Waals surface area (Å²) >= 11 is 0. The van der Waals surface area contributed by atoms with E-state index in [0.29, 0.717) is 0 Å². The van der Waals surface area contributed by atoms with E-state index in [1.54, 1.807) is 0 Å². The molecular formula is C14H24NW-. The summed E-state index contributed by atoms with van der Waals surface area (Å²) in [5, 5.41) is 1.15. The summed E-state index contributed by atoms with van der Waals surface area (Å²) in [6.45, 7) is 12.0. The number of rotatable bonds is 0. The molecule has 0 radical (unpaired) electrons. The molecule has 0 saturated heterocycles. The third kappa shape index (κ3) is 7.70. The van der Waals surface area contributed by atoms with Gasteiger partial charge in [0.1, 0.15) is 0 Å². The van der Waals surface area contributed by atoms with Gasteiger partial charge in [0.2, 0.25) is 0 Å². The minimum Gasteiger partial charge on any atom is -0.409 e. The number of hydrogen-bond acceptors (Lipinski definition) is 0. The van der Waals surface area contributed by atoms with E-state index in [1.165, 1.54) is 0 Å². The molecule has 0 fully saturated rings. The van der Waals surface area contributed by atoms with Crippen LogP contribution in [0.4, 0.5) is 0 Å². The van der Waals surface area contributed by atoms with Crippen molar-refractivity contribution in [3.63, 3.8) is 0 Å². The van der Waals surface area contributed by atoms with Crippen molar-refractivity contribution < 1.29 is 21.1 Å². The number of aromatic nitrogens is 1. The summed E-state index contributed by atoms with van der Waals surface area (Å²) < 4.78 is 0. The van der Waals surface area contributed by atoms with Crippen LogP contribution in [0.2, 0.25) is 0 Å². The van der Waals surface area contributed by atoms with E-state index < -0.39 is 0 Å². The first-order valence-corrected chi connectivity index (χ1v) is 5.90. The van der Waals surface area contributed by atoms with E-state index in [1.807, 2.05) is 72.0 Å². The first kappa shape index (κ1) is 20.8. The van der Waals surface area contributed by atoms with Crippen LogP contribution >= 0.6 is 0 Å². The van der Waals surface area contributed by atoms with Crippen molar-refractivity contribution in [2.45, 2.75) is 41.5 Å². The maximum atomic E-state index is 3.10. The van der Waals surface area contributed by atoms with Gasteiger partial charge in [-0.25, -0.2) is 0 Å². The van der Waals surface area contributed by atoms with Crippen molar-refractivity contribution in [1.82, 2.24) is 4.98 Å². The fourth-order valence-corrected chi connectivity index (χ4v) is 0.928. The molecule has 0 atom stereocenters. The van der Waals surface area contributed by atoms with E-state index in [2.05, 4.69) is 11.1 Å². The minimum atomic E-state index is 0. The average molecular weight is 390 g/mol. The summed E-state index contributed by atoms with van der Waals surface area (Å²) in [4.78, 5) is 3.09. The van der Waals surface area contributed by atoms with Crippen molar-refractivity contribution in [3.8, 4) is 0 Å². The fourth-order valence-electron chi connectivity index (χ4n) is 0.928. The molecule has 0 aliphatic heterocycles. The maximum Gasteiger partial charge on any atom is 0 e. The quantitative estimate of drug-likeness (QED) is 0.607. The van der Waals surface area contributed by atoms with Crippen LogP contribution in [-0.4, -0.2) is 4.98 Å². The van der Waals surface area contributed by atoms with Gasteiger partial charge < -0.3 is 4.98 Å². The SMILES string of the molecule is CC.CC.CC.[W].[c-]1cccc2[nH]ccc12. The van der Waals surface area contributed by atoms with Gasteiger partial charge in [0, 0.05) is 21.1 Å². The van der Waals surface area contributed by atoms with Gasteiger partial charge in [-0.1, -0.05) is 41.5 Å². The number of aromatic amines is 1. The molecule has 16 heavy (non-hydrogen) atoms. The van der Waals surface area contributed by atoms with Crippen LogP contribution in [0, 0.1) is 6.07 Å². The van der Waals surface area contributed by atoms with Crippen molar-refractivity contribution in [2.75, 3.05) is 0 Å². The molecule has 2 rings (SSSR count). The number of nitrogens with one attached hydrogen (secondary N) is 1. The van der Waals surface area contributed by atoms with Gasteiger partial charge >= 0.3 is 0 Å². The topological polar surface area (TPSA) is 15.8 Å². The smallest absolute Gasteiger partial charge is 0 e. The molecule has 1 aromatic carbocycles. The predicted molar refractivity (Wildman–Crippen MR) is 71.2 cm³/mol. The second-order valence-corrected chi connectivity index (χ2v) is 1.98. The van der Waals surface area contributed by atoms with E-state index in [0.717, 1.165) is 10.9 Å². The van der Waals surface area contributed by atoms with Gasteiger partial charge in [-0.15, -0.1) is 35.7 Å². The summed E-state index contributed by atoms with van der Waals surface area (Å²) in [6.07, 6.45) is 1.92. The van der Waals surface area contributed by atoms with Crippen LogP contribution in [0.3, 0.4) is 0 Å². The third-order valence-corrected chi connectivity index (χ3v) is 1.38. The molecular weight excluding hydrogens is 366 g/mol. The van der Waals surface area contributed by atoms with Crippen molar-refractivity contribution in [3.05, 3.63) is 36.5 Å². The van der Waals surface area contributed by atoms with E-state index >= 15 is 0 Å². The molecule has 0 unspecified atom stereocenters. The monoisotopic (exact) mass is 390 g/mol. The Kier molecular flexibility index (Phi) is 21.9. The Morgan fingerprint density at radius 3 is 2.00 bits per heavy atom. The van der Waals surface area contributed by atoms with Gasteiger partial charge in [0.15, 0.2) is 0 Å². The Morgan fingerprint density at radius 2 is 1.50 bits per heavy atom. The standard InChI is InChI=1S/C8H6N.3C2H6.W/c1-2-4-8-7(3-1)5-6-9-8;3*1-2;/h1-2,4-6,9H;3*1-2H3;/q-1;;;;. The van der Waals surface area contributed by atoms with Gasteiger partial charge in [-0.05, 0) is 11.7 Å². The van der Waals surface area contributed by atoms with Crippen LogP contribution in [0.5, 0.6) is 0 Å². The van der Waals surface area contributed by atoms with E-state index in [9.17, 15) is 0 Å². The average Bonchev–Trinajstić information content (AvgIpc) is 2.85. The molecule has 2 heteroatoms. The first-order valence-electron chi connectivity index (χ1n) is 5.90. The predicted octanol–water partition coefficient (Wildman–Crippen LogP) is 5.04. The number of fused-ring (bicyclic) bond motifs is 1. The van der Waals surface area contributed by atoms with E-state index in [4.69, 9.17) is 0 Å². The van der Waals surface area contributed by atoms with Crippen LogP contribution in [0.25, 0.3) is 10.9 Å². The Morgan fingerprint density at radius 1 is 0.938 bits per heavy atom. The second kappa shape index (κ2) is 16.9. The molecule has 0 bridgehead atoms. The van der Waals surface area contributed by atoms with Gasteiger partial charge in [0.05, 0.1) is 0 Å². The zero-order valence-corrected chi connectivity index (χ0v) is 14.2. The van der Waals surface area contributed by atoms with Crippen LogP contribution in [-0.2, 0) is 21.1 Å². The molecule has 1 N–H and O–H groups in total. The Hall–Kier alpha value is -0.552. The molecule has 0 saturated carbocycles. The number of benzene rings is 1. The molecule has 92 valence electrons. The summed E-state index contributed by atoms with van der Waals surface area (Å²) in [5.41, 5.74) is 1.15. The number of H-pyrrole nitrogens is 1. The molecule has 1 heterocycles. The van der Waals surface area contributed by atoms with Gasteiger partial charge in [-0.2, -0.15) is 0 Å². The zero-order valence-electron chi connectivity index (χ0n) is 11.3. The van der Waals surface area contributed by atoms with E-state index in [-0.39, 0.29) is 21.1 Å². The van der Waals surface area contributed by atoms with Crippen molar-refractivity contribution in [1.29, 1.82) is 0 Å². The Balaban J connectivity index is -0.000000214. The second-order valence-electron chi connectivity index (χ2n) is 1.98. The van der Waals surface area contributed by atoms with Crippen LogP contribution < -0.4 is 0 Å². The fraction of sp³-hybridized carbons (Fsp3) is 0.429. The van der Waals surface area contributed by atoms with Crippen LogP contribution in [0.1, 0.15) is 41.5 Å². The van der Waals surface area contributed by atoms with Crippen molar-refractivity contribution >= 4 is 10.9 Å². The molecule has 0 amide bonds. The Bertz CT molecular complexity index is 285. The molecule has 2 aromatic rings. The summed E-state index contributed by atoms with van der Waals surface area (Å²) in [7, 11) is 0. The van der Waals surface area contributed by atoms with Gasteiger partial charge in [-0.3, -0.25) is 0 Å². The molecule has 0 aliphatic rings. The maximum absolute atomic E-state index is 3.10. The van der Waals surface area contributed by atoms with Crippen LogP contribution in [0.15, 0.2) is 30.5 Å². The third-order valence-electron chi connectivity index (χ3n) is 1.38. The molecule has 0 spiro atoms. The summed E-state index contributed by atoms with van der Waals surface area (Å²) in [6, 6.07) is 11.0. The Labute approximate surface area is 115 Å². The number of hydrogen-bond donors (Lipinski definition) is 1. The molecule has 1 nitrogen and oxygen atoms in total. The normalized spacial score (nSPS) is 6.88. The molecule has 0 aliphatic carbocycles. The molecule has 1 aromatic heterocycles. The van der Waals surface area contributed by atoms with Gasteiger partial charge in [0.25, 0.3) is 0 Å².